The van der Waals surface area contributed by atoms with Crippen molar-refractivity contribution in [2.75, 3.05) is 0 Å². The molecule has 0 spiro atoms. The van der Waals surface area contributed by atoms with E-state index >= 15 is 0 Å². The van der Waals surface area contributed by atoms with Crippen molar-refractivity contribution in [3.63, 3.8) is 0 Å². The maximum absolute atomic E-state index is 9.25. The van der Waals surface area contributed by atoms with Crippen LogP contribution >= 0.6 is 0 Å². The van der Waals surface area contributed by atoms with Gasteiger partial charge in [-0.3, -0.25) is 0 Å². The number of carboxylic acids is 3. The van der Waals surface area contributed by atoms with E-state index in [1.54, 1.807) is 0 Å². The molecule has 92 valence electrons. The second-order valence-electron chi connectivity index (χ2n) is 1.63. The van der Waals surface area contributed by atoms with E-state index in [2.05, 4.69) is 19.7 Å². The van der Waals surface area contributed by atoms with E-state index in [9.17, 15) is 14.4 Å². The van der Waals surface area contributed by atoms with Crippen molar-refractivity contribution >= 4 is 17.9 Å². The van der Waals surface area contributed by atoms with Gasteiger partial charge in [-0.25, -0.2) is 14.4 Å². The molecule has 0 unspecified atom stereocenters. The maximum atomic E-state index is 9.25. The predicted octanol–water partition coefficient (Wildman–Crippen LogP) is 0.771. The minimum absolute atomic E-state index is 0. The van der Waals surface area contributed by atoms with Crippen molar-refractivity contribution in [3.8, 4) is 0 Å². The minimum atomic E-state index is -0.981. The van der Waals surface area contributed by atoms with Crippen LogP contribution in [0.2, 0.25) is 0 Å². The maximum Gasteiger partial charge on any atom is 0.327 e. The van der Waals surface area contributed by atoms with Crippen molar-refractivity contribution < 1.29 is 69.6 Å². The van der Waals surface area contributed by atoms with Crippen molar-refractivity contribution in [1.82, 2.24) is 0 Å². The Kier molecular flexibility index (Phi) is 29.6. The van der Waals surface area contributed by atoms with Crippen LogP contribution in [0.4, 0.5) is 0 Å². The van der Waals surface area contributed by atoms with E-state index in [1.807, 2.05) is 0 Å². The molecular formula is C9H12GdO6. The van der Waals surface area contributed by atoms with Gasteiger partial charge in [0.2, 0.25) is 0 Å². The number of aliphatic carboxylic acids is 3. The Hall–Kier alpha value is -1.05. The summed E-state index contributed by atoms with van der Waals surface area (Å²) < 4.78 is 0. The van der Waals surface area contributed by atoms with Gasteiger partial charge in [0.25, 0.3) is 0 Å². The molecular weight excluding hydrogens is 361 g/mol. The molecule has 6 nitrogen and oxygen atoms in total. The largest absolute Gasteiger partial charge is 0.478 e. The Labute approximate surface area is 125 Å². The standard InChI is InChI=1S/3C3H4O2.Gd/c3*1-2-3(4)5;/h3*2H,1H2,(H,4,5);. The van der Waals surface area contributed by atoms with Gasteiger partial charge < -0.3 is 15.3 Å². The molecule has 3 N–H and O–H groups in total. The predicted molar refractivity (Wildman–Crippen MR) is 53.5 cm³/mol. The van der Waals surface area contributed by atoms with E-state index < -0.39 is 17.9 Å². The van der Waals surface area contributed by atoms with Crippen molar-refractivity contribution in [3.05, 3.63) is 38.0 Å². The molecule has 0 saturated heterocycles. The van der Waals surface area contributed by atoms with Gasteiger partial charge in [0.15, 0.2) is 0 Å². The third kappa shape index (κ3) is 75.4. The van der Waals surface area contributed by atoms with Crippen molar-refractivity contribution in [1.29, 1.82) is 0 Å². The van der Waals surface area contributed by atoms with E-state index in [0.717, 1.165) is 18.2 Å². The average Bonchev–Trinajstić information content (AvgIpc) is 2.19. The second kappa shape index (κ2) is 19.5. The summed E-state index contributed by atoms with van der Waals surface area (Å²) in [5, 5.41) is 22.8. The van der Waals surface area contributed by atoms with E-state index in [4.69, 9.17) is 15.3 Å². The van der Waals surface area contributed by atoms with Crippen LogP contribution in [-0.4, -0.2) is 33.2 Å². The Morgan fingerprint density at radius 1 is 0.688 bits per heavy atom. The fraction of sp³-hybridized carbons (Fsp3) is 0. The molecule has 0 saturated carbocycles. The SMILES string of the molecule is C=CC(=O)O.C=CC(=O)O.C=CC(=O)O.[Gd]. The summed E-state index contributed by atoms with van der Waals surface area (Å²) in [5.41, 5.74) is 0. The molecule has 0 aromatic heterocycles. The van der Waals surface area contributed by atoms with Crippen LogP contribution in [0.25, 0.3) is 0 Å². The third-order valence-corrected chi connectivity index (χ3v) is 0.524. The molecule has 0 rings (SSSR count). The molecule has 0 aliphatic carbocycles. The molecule has 0 aromatic carbocycles. The zero-order valence-electron chi connectivity index (χ0n) is 8.27. The molecule has 0 atom stereocenters. The average molecular weight is 373 g/mol. The molecule has 0 amide bonds. The van der Waals surface area contributed by atoms with Crippen LogP contribution in [0.5, 0.6) is 0 Å². The Morgan fingerprint density at radius 3 is 0.750 bits per heavy atom. The van der Waals surface area contributed by atoms with Crippen LogP contribution < -0.4 is 0 Å². The number of rotatable bonds is 3. The number of carboxylic acid groups (broad SMARTS) is 3. The summed E-state index contributed by atoms with van der Waals surface area (Å²) in [4.78, 5) is 27.8. The molecule has 0 radical (unpaired) electrons. The third-order valence-electron chi connectivity index (χ3n) is 0.524. The second-order valence-corrected chi connectivity index (χ2v) is 1.63. The summed E-state index contributed by atoms with van der Waals surface area (Å²) in [7, 11) is 0. The van der Waals surface area contributed by atoms with Gasteiger partial charge in [-0.2, -0.15) is 0 Å². The van der Waals surface area contributed by atoms with E-state index in [1.165, 1.54) is 0 Å². The van der Waals surface area contributed by atoms with Crippen LogP contribution in [0.15, 0.2) is 38.0 Å². The fourth-order valence-electron chi connectivity index (χ4n) is 0. The van der Waals surface area contributed by atoms with Gasteiger partial charge in [0.1, 0.15) is 0 Å². The van der Waals surface area contributed by atoms with Crippen LogP contribution in [0.3, 0.4) is 0 Å². The molecule has 0 fully saturated rings. The van der Waals surface area contributed by atoms with Crippen LogP contribution in [-0.2, 0) is 14.4 Å². The Morgan fingerprint density at radius 2 is 0.750 bits per heavy atom. The first-order valence-electron chi connectivity index (χ1n) is 3.37. The van der Waals surface area contributed by atoms with Gasteiger partial charge in [-0.1, -0.05) is 19.7 Å². The van der Waals surface area contributed by atoms with Gasteiger partial charge in [-0.15, -0.1) is 0 Å². The monoisotopic (exact) mass is 374 g/mol. The van der Waals surface area contributed by atoms with Gasteiger partial charge >= 0.3 is 17.9 Å². The number of hydrogen-bond acceptors (Lipinski definition) is 3. The summed E-state index contributed by atoms with van der Waals surface area (Å²) in [6.07, 6.45) is 2.50. The summed E-state index contributed by atoms with van der Waals surface area (Å²) in [6, 6.07) is 0. The first kappa shape index (κ1) is 24.3. The molecule has 0 aliphatic heterocycles. The van der Waals surface area contributed by atoms with Crippen molar-refractivity contribution in [2.45, 2.75) is 0 Å². The molecule has 0 heterocycles. The number of hydrogen-bond donors (Lipinski definition) is 3. The van der Waals surface area contributed by atoms with Crippen LogP contribution in [0, 0.1) is 39.9 Å². The van der Waals surface area contributed by atoms with Gasteiger partial charge in [0, 0.05) is 58.2 Å². The first-order valence-corrected chi connectivity index (χ1v) is 3.37. The van der Waals surface area contributed by atoms with Gasteiger partial charge in [0.05, 0.1) is 0 Å². The fourth-order valence-corrected chi connectivity index (χ4v) is 0. The Balaban J connectivity index is -0.0000000655. The zero-order valence-corrected chi connectivity index (χ0v) is 10.5. The van der Waals surface area contributed by atoms with E-state index in [0.29, 0.717) is 0 Å². The number of carbonyl (C=O) groups is 3. The molecule has 0 bridgehead atoms. The minimum Gasteiger partial charge on any atom is -0.478 e. The summed E-state index contributed by atoms with van der Waals surface area (Å²) in [5.74, 6) is -2.94. The molecule has 0 aromatic rings. The van der Waals surface area contributed by atoms with Gasteiger partial charge in [-0.05, 0) is 0 Å². The molecule has 7 heteroatoms. The van der Waals surface area contributed by atoms with Crippen LogP contribution in [0.1, 0.15) is 0 Å². The topological polar surface area (TPSA) is 112 Å². The molecule has 16 heavy (non-hydrogen) atoms. The quantitative estimate of drug-likeness (QED) is 0.630. The molecule has 0 aliphatic rings. The Bertz CT molecular complexity index is 216. The summed E-state index contributed by atoms with van der Waals surface area (Å²) >= 11 is 0. The first-order chi connectivity index (χ1) is 6.81. The van der Waals surface area contributed by atoms with E-state index in [-0.39, 0.29) is 39.9 Å². The van der Waals surface area contributed by atoms with Crippen molar-refractivity contribution in [2.24, 2.45) is 0 Å². The smallest absolute Gasteiger partial charge is 0.327 e. The normalized spacial score (nSPS) is 6.00. The summed E-state index contributed by atoms with van der Waals surface area (Å²) in [6.45, 7) is 8.88. The zero-order chi connectivity index (χ0) is 12.9.